The van der Waals surface area contributed by atoms with Crippen molar-refractivity contribution in [1.29, 1.82) is 0 Å². The highest BCUT2D eigenvalue weighted by molar-refractivity contribution is 5.76. The van der Waals surface area contributed by atoms with Crippen LogP contribution >= 0.6 is 0 Å². The molecule has 138 valence electrons. The molecule has 2 aliphatic carbocycles. The molecule has 2 spiro atoms. The third-order valence-corrected chi connectivity index (χ3v) is 8.54. The van der Waals surface area contributed by atoms with Crippen molar-refractivity contribution < 1.29 is 28.2 Å². The monoisotopic (exact) mass is 358 g/mol. The van der Waals surface area contributed by atoms with Crippen LogP contribution in [0.4, 0.5) is 0 Å². The van der Waals surface area contributed by atoms with Gasteiger partial charge in [-0.25, -0.2) is 0 Å². The normalized spacial score (nSPS) is 58.6. The number of cyclic esters (lactones) is 1. The molecule has 0 amide bonds. The quantitative estimate of drug-likeness (QED) is 0.567. The molecule has 0 N–H and O–H groups in total. The molecule has 2 saturated carbocycles. The van der Waals surface area contributed by atoms with Crippen LogP contribution in [0.3, 0.4) is 0 Å². The van der Waals surface area contributed by atoms with Crippen LogP contribution in [-0.4, -0.2) is 37.2 Å². The predicted molar refractivity (Wildman–Crippen MR) is 85.7 cm³/mol. The Kier molecular flexibility index (Phi) is 2.46. The molecule has 2 bridgehead atoms. The van der Waals surface area contributed by atoms with Crippen molar-refractivity contribution in [2.75, 3.05) is 6.61 Å². The lowest BCUT2D eigenvalue weighted by Gasteiger charge is -2.54. The number of ether oxygens (including phenoxy) is 4. The van der Waals surface area contributed by atoms with Crippen LogP contribution in [0.1, 0.15) is 37.9 Å². The van der Waals surface area contributed by atoms with Crippen LogP contribution in [0.2, 0.25) is 0 Å². The molecule has 0 aromatic carbocycles. The van der Waals surface area contributed by atoms with E-state index in [4.69, 9.17) is 23.4 Å². The number of hydrogen-bond acceptors (Lipinski definition) is 6. The van der Waals surface area contributed by atoms with Gasteiger partial charge in [-0.3, -0.25) is 4.79 Å². The molecular formula is C20H22O6. The Morgan fingerprint density at radius 2 is 2.08 bits per heavy atom. The summed E-state index contributed by atoms with van der Waals surface area (Å²) in [4.78, 5) is 12.5. The summed E-state index contributed by atoms with van der Waals surface area (Å²) in [6, 6.07) is 1.98. The Bertz CT molecular complexity index is 790. The molecule has 0 radical (unpaired) electrons. The third kappa shape index (κ3) is 1.44. The summed E-state index contributed by atoms with van der Waals surface area (Å²) in [5.41, 5.74) is 0.812. The molecule has 6 aliphatic rings. The molecular weight excluding hydrogens is 336 g/mol. The van der Waals surface area contributed by atoms with E-state index >= 15 is 0 Å². The standard InChI is InChI=1S/C20H22O6/c1-9-13-5-19-8-23-17(21)11(19)4-12-15(24-12)16(19)20(9)6-14(26-18(20)25-13)10-2-3-22-7-10/h2-3,7,9,11-16,18H,4-6,8H2,1H3/t9-,11+,12-,13-,14-,15-,16-,18-,19-,20+/m1/s1. The molecule has 1 aromatic heterocycles. The maximum Gasteiger partial charge on any atom is 0.309 e. The number of epoxide rings is 1. The van der Waals surface area contributed by atoms with E-state index in [9.17, 15) is 4.79 Å². The van der Waals surface area contributed by atoms with Gasteiger partial charge in [0.05, 0.1) is 49.5 Å². The number of hydrogen-bond donors (Lipinski definition) is 0. The average Bonchev–Trinajstić information content (AvgIpc) is 2.93. The summed E-state index contributed by atoms with van der Waals surface area (Å²) < 4.78 is 29.9. The molecule has 5 heterocycles. The van der Waals surface area contributed by atoms with E-state index < -0.39 is 0 Å². The SMILES string of the molecule is C[C@@H]1[C@H]2C[C@@]34COC(=O)[C@@H]3C[C@H]3O[C@H]3[C@H]4[C@]13C[C@H](c1ccoc1)O[C@H]3O2. The molecule has 6 nitrogen and oxygen atoms in total. The largest absolute Gasteiger partial charge is 0.472 e. The molecule has 10 atom stereocenters. The Morgan fingerprint density at radius 3 is 2.92 bits per heavy atom. The summed E-state index contributed by atoms with van der Waals surface area (Å²) in [6.07, 6.45) is 6.37. The zero-order chi connectivity index (χ0) is 17.3. The fourth-order valence-corrected chi connectivity index (χ4v) is 7.38. The van der Waals surface area contributed by atoms with Gasteiger partial charge in [-0.1, -0.05) is 6.92 Å². The number of furan rings is 1. The van der Waals surface area contributed by atoms with Gasteiger partial charge in [0.1, 0.15) is 0 Å². The van der Waals surface area contributed by atoms with Crippen LogP contribution < -0.4 is 0 Å². The van der Waals surface area contributed by atoms with Crippen molar-refractivity contribution in [2.24, 2.45) is 28.6 Å². The highest BCUT2D eigenvalue weighted by Crippen LogP contribution is 2.75. The highest BCUT2D eigenvalue weighted by atomic mass is 16.7. The topological polar surface area (TPSA) is 70.4 Å². The molecule has 6 fully saturated rings. The van der Waals surface area contributed by atoms with E-state index in [-0.39, 0.29) is 59.3 Å². The zero-order valence-corrected chi connectivity index (χ0v) is 14.6. The Hall–Kier alpha value is -1.37. The first-order valence-electron chi connectivity index (χ1n) is 9.78. The predicted octanol–water partition coefficient (Wildman–Crippen LogP) is 2.44. The molecule has 6 heteroatoms. The molecule has 0 unspecified atom stereocenters. The molecule has 7 rings (SSSR count). The minimum atomic E-state index is -0.230. The van der Waals surface area contributed by atoms with E-state index in [0.717, 1.165) is 24.8 Å². The Balaban J connectivity index is 1.38. The van der Waals surface area contributed by atoms with E-state index in [1.807, 2.05) is 6.07 Å². The summed E-state index contributed by atoms with van der Waals surface area (Å²) in [5.74, 6) is 0.579. The fourth-order valence-electron chi connectivity index (χ4n) is 7.38. The number of esters is 1. The zero-order valence-electron chi connectivity index (χ0n) is 14.6. The Labute approximate surface area is 151 Å². The minimum Gasteiger partial charge on any atom is -0.472 e. The van der Waals surface area contributed by atoms with Gasteiger partial charge >= 0.3 is 5.97 Å². The van der Waals surface area contributed by atoms with Gasteiger partial charge < -0.3 is 23.4 Å². The van der Waals surface area contributed by atoms with Gasteiger partial charge in [-0.15, -0.1) is 0 Å². The molecule has 4 saturated heterocycles. The fraction of sp³-hybridized carbons (Fsp3) is 0.750. The highest BCUT2D eigenvalue weighted by Gasteiger charge is 2.80. The first-order valence-corrected chi connectivity index (χ1v) is 9.78. The number of fused-ring (bicyclic) bond motifs is 3. The number of carbonyl (C=O) groups excluding carboxylic acids is 1. The van der Waals surface area contributed by atoms with Gasteiger partial charge in [-0.05, 0) is 31.2 Å². The van der Waals surface area contributed by atoms with E-state index in [1.165, 1.54) is 0 Å². The minimum absolute atomic E-state index is 0.0205. The van der Waals surface area contributed by atoms with Gasteiger partial charge in [0, 0.05) is 22.3 Å². The Morgan fingerprint density at radius 1 is 1.15 bits per heavy atom. The molecule has 26 heavy (non-hydrogen) atoms. The van der Waals surface area contributed by atoms with Gasteiger partial charge in [-0.2, -0.15) is 0 Å². The van der Waals surface area contributed by atoms with Gasteiger partial charge in [0.25, 0.3) is 0 Å². The lowest BCUT2D eigenvalue weighted by molar-refractivity contribution is -0.152. The maximum atomic E-state index is 12.5. The van der Waals surface area contributed by atoms with Gasteiger partial charge in [0.2, 0.25) is 0 Å². The molecule has 4 aliphatic heterocycles. The summed E-state index contributed by atoms with van der Waals surface area (Å²) in [6.45, 7) is 2.82. The first kappa shape index (κ1) is 14.7. The average molecular weight is 358 g/mol. The van der Waals surface area contributed by atoms with Crippen molar-refractivity contribution in [3.63, 3.8) is 0 Å². The lowest BCUT2D eigenvalue weighted by atomic mass is 9.44. The summed E-state index contributed by atoms with van der Waals surface area (Å²) in [5, 5.41) is 0. The van der Waals surface area contributed by atoms with E-state index in [2.05, 4.69) is 6.92 Å². The number of rotatable bonds is 1. The van der Waals surface area contributed by atoms with Crippen molar-refractivity contribution in [2.45, 2.75) is 56.9 Å². The van der Waals surface area contributed by atoms with Gasteiger partial charge in [0.15, 0.2) is 6.29 Å². The first-order chi connectivity index (χ1) is 12.6. The van der Waals surface area contributed by atoms with E-state index in [0.29, 0.717) is 12.5 Å². The molecule has 1 aromatic rings. The van der Waals surface area contributed by atoms with Crippen LogP contribution in [0, 0.1) is 28.6 Å². The smallest absolute Gasteiger partial charge is 0.309 e. The van der Waals surface area contributed by atoms with Crippen molar-refractivity contribution in [3.05, 3.63) is 24.2 Å². The number of carbonyl (C=O) groups is 1. The second-order valence-electron chi connectivity index (χ2n) is 9.24. The maximum absolute atomic E-state index is 12.5. The second-order valence-corrected chi connectivity index (χ2v) is 9.24. The van der Waals surface area contributed by atoms with E-state index in [1.54, 1.807) is 12.5 Å². The van der Waals surface area contributed by atoms with Crippen molar-refractivity contribution in [3.8, 4) is 0 Å². The van der Waals surface area contributed by atoms with Crippen molar-refractivity contribution >= 4 is 5.97 Å². The summed E-state index contributed by atoms with van der Waals surface area (Å²) in [7, 11) is 0. The van der Waals surface area contributed by atoms with Crippen LogP contribution in [-0.2, 0) is 23.7 Å². The summed E-state index contributed by atoms with van der Waals surface area (Å²) >= 11 is 0. The second kappa shape index (κ2) is 4.37. The van der Waals surface area contributed by atoms with Crippen LogP contribution in [0.5, 0.6) is 0 Å². The van der Waals surface area contributed by atoms with Crippen LogP contribution in [0.25, 0.3) is 0 Å². The third-order valence-electron chi connectivity index (χ3n) is 8.54. The van der Waals surface area contributed by atoms with Crippen LogP contribution in [0.15, 0.2) is 23.0 Å². The van der Waals surface area contributed by atoms with Crippen molar-refractivity contribution in [1.82, 2.24) is 0 Å². The lowest BCUT2D eigenvalue weighted by Crippen LogP contribution is -2.60.